The standard InChI is InChI=1S/C6H6F3NO4/c1-14-5(12)4(10-13)3(11)2-6(7,8)9/h11H,2H2,1H3/b4-3+. The van der Waals surface area contributed by atoms with E-state index in [4.69, 9.17) is 5.11 Å². The molecule has 0 spiro atoms. The van der Waals surface area contributed by atoms with Crippen LogP contribution in [0.2, 0.25) is 0 Å². The normalized spacial score (nSPS) is 13.1. The Bertz CT molecular complexity index is 271. The minimum absolute atomic E-state index is 0.842. The molecule has 0 atom stereocenters. The number of carbonyl (C=O) groups is 1. The van der Waals surface area contributed by atoms with Crippen molar-refractivity contribution in [3.05, 3.63) is 16.4 Å². The molecule has 0 saturated carbocycles. The molecule has 1 N–H and O–H groups in total. The zero-order chi connectivity index (χ0) is 11.4. The second-order valence-electron chi connectivity index (χ2n) is 2.17. The molecule has 0 saturated heterocycles. The smallest absolute Gasteiger partial charge is 0.396 e. The lowest BCUT2D eigenvalue weighted by molar-refractivity contribution is -0.138. The number of rotatable bonds is 3. The Morgan fingerprint density at radius 2 is 2.00 bits per heavy atom. The number of aliphatic hydroxyl groups excluding tert-OH is 1. The molecule has 80 valence electrons. The first-order chi connectivity index (χ1) is 6.31. The molecule has 0 radical (unpaired) electrons. The molecule has 0 aromatic heterocycles. The fraction of sp³-hybridized carbons (Fsp3) is 0.500. The number of nitroso groups, excluding NO2 is 1. The summed E-state index contributed by atoms with van der Waals surface area (Å²) in [6, 6.07) is 0. The zero-order valence-electron chi connectivity index (χ0n) is 6.96. The van der Waals surface area contributed by atoms with Crippen LogP contribution < -0.4 is 0 Å². The number of allylic oxidation sites excluding steroid dienone is 1. The summed E-state index contributed by atoms with van der Waals surface area (Å²) in [5.74, 6) is -2.87. The van der Waals surface area contributed by atoms with Gasteiger partial charge in [-0.25, -0.2) is 4.79 Å². The van der Waals surface area contributed by atoms with Crippen molar-refractivity contribution in [2.24, 2.45) is 5.18 Å². The number of hydrogen-bond acceptors (Lipinski definition) is 5. The minimum Gasteiger partial charge on any atom is -0.509 e. The Balaban J connectivity index is 4.85. The topological polar surface area (TPSA) is 76.0 Å². The van der Waals surface area contributed by atoms with Crippen LogP contribution in [0.25, 0.3) is 0 Å². The molecule has 0 unspecified atom stereocenters. The molecule has 0 aliphatic rings. The van der Waals surface area contributed by atoms with Crippen molar-refractivity contribution in [3.8, 4) is 0 Å². The van der Waals surface area contributed by atoms with Crippen LogP contribution in [-0.2, 0) is 9.53 Å². The zero-order valence-corrected chi connectivity index (χ0v) is 6.96. The summed E-state index contributed by atoms with van der Waals surface area (Å²) in [4.78, 5) is 20.5. The molecule has 0 aromatic rings. The van der Waals surface area contributed by atoms with E-state index in [1.165, 1.54) is 0 Å². The summed E-state index contributed by atoms with van der Waals surface area (Å²) in [5.41, 5.74) is -1.27. The van der Waals surface area contributed by atoms with Gasteiger partial charge in [0.05, 0.1) is 7.11 Å². The SMILES string of the molecule is COC(=O)/C(N=O)=C(\O)CC(F)(F)F. The maximum atomic E-state index is 11.7. The van der Waals surface area contributed by atoms with Crippen molar-refractivity contribution >= 4 is 5.97 Å². The molecule has 8 heteroatoms. The highest BCUT2D eigenvalue weighted by molar-refractivity contribution is 5.88. The average Bonchev–Trinajstić information content (AvgIpc) is 2.01. The molecule has 0 heterocycles. The van der Waals surface area contributed by atoms with Crippen LogP contribution in [0.4, 0.5) is 13.2 Å². The van der Waals surface area contributed by atoms with E-state index in [9.17, 15) is 22.9 Å². The number of esters is 1. The van der Waals surface area contributed by atoms with E-state index in [-0.39, 0.29) is 0 Å². The molecule has 14 heavy (non-hydrogen) atoms. The van der Waals surface area contributed by atoms with Crippen molar-refractivity contribution < 1.29 is 27.8 Å². The number of methoxy groups -OCH3 is 1. The summed E-state index contributed by atoms with van der Waals surface area (Å²) in [6.45, 7) is 0. The van der Waals surface area contributed by atoms with Gasteiger partial charge in [-0.1, -0.05) is 0 Å². The fourth-order valence-electron chi connectivity index (χ4n) is 0.578. The predicted octanol–water partition coefficient (Wildman–Crippen LogP) is 1.65. The summed E-state index contributed by atoms with van der Waals surface area (Å²) in [7, 11) is 0.842. The van der Waals surface area contributed by atoms with E-state index in [0.29, 0.717) is 0 Å². The third-order valence-electron chi connectivity index (χ3n) is 1.11. The monoisotopic (exact) mass is 213 g/mol. The van der Waals surface area contributed by atoms with Crippen LogP contribution in [-0.4, -0.2) is 24.4 Å². The molecule has 0 aromatic carbocycles. The first kappa shape index (κ1) is 12.4. The van der Waals surface area contributed by atoms with Gasteiger partial charge >= 0.3 is 12.1 Å². The summed E-state index contributed by atoms with van der Waals surface area (Å²) >= 11 is 0. The maximum absolute atomic E-state index is 11.7. The van der Waals surface area contributed by atoms with Gasteiger partial charge in [0.2, 0.25) is 5.70 Å². The van der Waals surface area contributed by atoms with Crippen molar-refractivity contribution in [3.63, 3.8) is 0 Å². The number of alkyl halides is 3. The van der Waals surface area contributed by atoms with Gasteiger partial charge in [0.25, 0.3) is 0 Å². The lowest BCUT2D eigenvalue weighted by Gasteiger charge is -2.05. The number of nitrogens with zero attached hydrogens (tertiary/aromatic N) is 1. The van der Waals surface area contributed by atoms with Gasteiger partial charge in [0.15, 0.2) is 0 Å². The molecule has 5 nitrogen and oxygen atoms in total. The molecule has 0 rings (SSSR count). The van der Waals surface area contributed by atoms with Crippen LogP contribution in [0.15, 0.2) is 16.6 Å². The second-order valence-corrected chi connectivity index (χ2v) is 2.17. The number of aliphatic hydroxyl groups is 1. The first-order valence-corrected chi connectivity index (χ1v) is 3.22. The average molecular weight is 213 g/mol. The van der Waals surface area contributed by atoms with Gasteiger partial charge in [0, 0.05) is 0 Å². The van der Waals surface area contributed by atoms with Crippen molar-refractivity contribution in [1.29, 1.82) is 0 Å². The predicted molar refractivity (Wildman–Crippen MR) is 38.1 cm³/mol. The molecule has 0 amide bonds. The highest BCUT2D eigenvalue weighted by Gasteiger charge is 2.32. The summed E-state index contributed by atoms with van der Waals surface area (Å²) < 4.78 is 39.0. The van der Waals surface area contributed by atoms with Gasteiger partial charge in [-0.3, -0.25) is 0 Å². The molecule has 0 fully saturated rings. The highest BCUT2D eigenvalue weighted by Crippen LogP contribution is 2.25. The molecule has 0 aliphatic carbocycles. The molecule has 0 aliphatic heterocycles. The quantitative estimate of drug-likeness (QED) is 0.334. The van der Waals surface area contributed by atoms with Crippen LogP contribution in [0.5, 0.6) is 0 Å². The van der Waals surface area contributed by atoms with Crippen LogP contribution in [0.3, 0.4) is 0 Å². The number of ether oxygens (including phenoxy) is 1. The lowest BCUT2D eigenvalue weighted by atomic mass is 10.3. The third kappa shape index (κ3) is 3.87. The van der Waals surface area contributed by atoms with E-state index in [0.717, 1.165) is 7.11 Å². The maximum Gasteiger partial charge on any atom is 0.396 e. The van der Waals surface area contributed by atoms with E-state index in [1.807, 2.05) is 5.18 Å². The van der Waals surface area contributed by atoms with Gasteiger partial charge in [-0.15, -0.1) is 4.91 Å². The third-order valence-corrected chi connectivity index (χ3v) is 1.11. The van der Waals surface area contributed by atoms with E-state index < -0.39 is 30.0 Å². The van der Waals surface area contributed by atoms with Gasteiger partial charge in [0.1, 0.15) is 12.2 Å². The molecule has 0 bridgehead atoms. The van der Waals surface area contributed by atoms with E-state index in [1.54, 1.807) is 0 Å². The fourth-order valence-corrected chi connectivity index (χ4v) is 0.578. The first-order valence-electron chi connectivity index (χ1n) is 3.22. The van der Waals surface area contributed by atoms with E-state index >= 15 is 0 Å². The van der Waals surface area contributed by atoms with Crippen molar-refractivity contribution in [2.75, 3.05) is 7.11 Å². The molecular formula is C6H6F3NO4. The second kappa shape index (κ2) is 4.58. The number of hydrogen-bond donors (Lipinski definition) is 1. The lowest BCUT2D eigenvalue weighted by Crippen LogP contribution is -2.13. The van der Waals surface area contributed by atoms with Crippen LogP contribution in [0, 0.1) is 4.91 Å². The Morgan fingerprint density at radius 3 is 2.29 bits per heavy atom. The Labute approximate surface area is 76.1 Å². The van der Waals surface area contributed by atoms with Crippen molar-refractivity contribution in [2.45, 2.75) is 12.6 Å². The Morgan fingerprint density at radius 1 is 1.50 bits per heavy atom. The van der Waals surface area contributed by atoms with Crippen LogP contribution in [0.1, 0.15) is 6.42 Å². The largest absolute Gasteiger partial charge is 0.509 e. The summed E-state index contributed by atoms with van der Waals surface area (Å²) in [6.07, 6.45) is -6.53. The highest BCUT2D eigenvalue weighted by atomic mass is 19.4. The number of halogens is 3. The molecular weight excluding hydrogens is 207 g/mol. The van der Waals surface area contributed by atoms with Gasteiger partial charge in [-0.05, 0) is 5.18 Å². The van der Waals surface area contributed by atoms with Crippen LogP contribution >= 0.6 is 0 Å². The summed E-state index contributed by atoms with van der Waals surface area (Å²) in [5, 5.41) is 10.7. The van der Waals surface area contributed by atoms with E-state index in [2.05, 4.69) is 4.74 Å². The van der Waals surface area contributed by atoms with Gasteiger partial charge < -0.3 is 9.84 Å². The Hall–Kier alpha value is -1.60. The Kier molecular flexibility index (Phi) is 4.06. The minimum atomic E-state index is -4.73. The van der Waals surface area contributed by atoms with Gasteiger partial charge in [-0.2, -0.15) is 13.2 Å². The van der Waals surface area contributed by atoms with Crippen molar-refractivity contribution in [1.82, 2.24) is 0 Å². The number of carbonyl (C=O) groups excluding carboxylic acids is 1.